The molecule has 2 aromatic rings. The molecule has 4 nitrogen and oxygen atoms in total. The van der Waals surface area contributed by atoms with Gasteiger partial charge in [-0.05, 0) is 42.2 Å². The molecular formula is C19H22ClNO3. The van der Waals surface area contributed by atoms with E-state index >= 15 is 0 Å². The van der Waals surface area contributed by atoms with Crippen LogP contribution in [-0.2, 0) is 17.6 Å². The van der Waals surface area contributed by atoms with Gasteiger partial charge in [-0.25, -0.2) is 0 Å². The van der Waals surface area contributed by atoms with E-state index in [9.17, 15) is 4.79 Å². The molecule has 0 atom stereocenters. The van der Waals surface area contributed by atoms with Crippen molar-refractivity contribution in [2.24, 2.45) is 0 Å². The molecule has 24 heavy (non-hydrogen) atoms. The Bertz CT molecular complexity index is 671. The van der Waals surface area contributed by atoms with E-state index < -0.39 is 0 Å². The Morgan fingerprint density at radius 2 is 1.79 bits per heavy atom. The van der Waals surface area contributed by atoms with Crippen LogP contribution in [0.2, 0.25) is 5.02 Å². The maximum atomic E-state index is 12.0. The fraction of sp³-hybridized carbons (Fsp3) is 0.316. The quantitative estimate of drug-likeness (QED) is 0.793. The number of hydrogen-bond acceptors (Lipinski definition) is 3. The van der Waals surface area contributed by atoms with E-state index in [2.05, 4.69) is 5.32 Å². The van der Waals surface area contributed by atoms with E-state index in [1.54, 1.807) is 20.3 Å². The Morgan fingerprint density at radius 3 is 2.46 bits per heavy atom. The highest BCUT2D eigenvalue weighted by atomic mass is 35.5. The van der Waals surface area contributed by atoms with Gasteiger partial charge in [-0.3, -0.25) is 4.79 Å². The Balaban J connectivity index is 1.75. The van der Waals surface area contributed by atoms with Crippen molar-refractivity contribution in [3.8, 4) is 11.5 Å². The summed E-state index contributed by atoms with van der Waals surface area (Å²) in [7, 11) is 3.22. The summed E-state index contributed by atoms with van der Waals surface area (Å²) in [5.74, 6) is 1.48. The molecule has 0 aliphatic carbocycles. The number of amides is 1. The lowest BCUT2D eigenvalue weighted by atomic mass is 10.1. The summed E-state index contributed by atoms with van der Waals surface area (Å²) in [6.45, 7) is 0.608. The lowest BCUT2D eigenvalue weighted by Crippen LogP contribution is -2.25. The van der Waals surface area contributed by atoms with Gasteiger partial charge in [0.15, 0.2) is 0 Å². The second-order valence-electron chi connectivity index (χ2n) is 5.38. The summed E-state index contributed by atoms with van der Waals surface area (Å²) in [6.07, 6.45) is 1.77. The van der Waals surface area contributed by atoms with Crippen LogP contribution in [0.3, 0.4) is 0 Å². The fourth-order valence-electron chi connectivity index (χ4n) is 2.38. The van der Waals surface area contributed by atoms with E-state index in [0.29, 0.717) is 30.2 Å². The van der Waals surface area contributed by atoms with Crippen LogP contribution in [0.1, 0.15) is 17.5 Å². The van der Waals surface area contributed by atoms with Gasteiger partial charge in [0, 0.05) is 13.0 Å². The Hall–Kier alpha value is -2.20. The predicted molar refractivity (Wildman–Crippen MR) is 96.0 cm³/mol. The SMILES string of the molecule is COc1ccc(CCNC(=O)CCc2cccc(OC)c2Cl)cc1. The maximum Gasteiger partial charge on any atom is 0.220 e. The van der Waals surface area contributed by atoms with E-state index in [4.69, 9.17) is 21.1 Å². The van der Waals surface area contributed by atoms with Crippen LogP contribution in [0.25, 0.3) is 0 Å². The average Bonchev–Trinajstić information content (AvgIpc) is 2.61. The normalized spacial score (nSPS) is 10.3. The number of carbonyl (C=O) groups is 1. The number of ether oxygens (including phenoxy) is 2. The van der Waals surface area contributed by atoms with E-state index in [0.717, 1.165) is 23.3 Å². The summed E-state index contributed by atoms with van der Waals surface area (Å²) in [6, 6.07) is 13.4. The molecule has 0 bridgehead atoms. The molecule has 5 heteroatoms. The first-order valence-electron chi connectivity index (χ1n) is 7.85. The molecule has 0 aliphatic rings. The third kappa shape index (κ3) is 5.17. The molecule has 1 amide bonds. The van der Waals surface area contributed by atoms with Crippen molar-refractivity contribution in [3.63, 3.8) is 0 Å². The highest BCUT2D eigenvalue weighted by Crippen LogP contribution is 2.28. The Kier molecular flexibility index (Phi) is 6.94. The van der Waals surface area contributed by atoms with E-state index in [1.165, 1.54) is 0 Å². The second-order valence-corrected chi connectivity index (χ2v) is 5.76. The number of rotatable bonds is 8. The van der Waals surface area contributed by atoms with Gasteiger partial charge < -0.3 is 14.8 Å². The van der Waals surface area contributed by atoms with Crippen molar-refractivity contribution < 1.29 is 14.3 Å². The van der Waals surface area contributed by atoms with E-state index in [1.807, 2.05) is 36.4 Å². The first-order valence-corrected chi connectivity index (χ1v) is 8.23. The Labute approximate surface area is 147 Å². The van der Waals surface area contributed by atoms with Crippen molar-refractivity contribution >= 4 is 17.5 Å². The standard InChI is InChI=1S/C19H22ClNO3/c1-23-16-9-6-14(7-10-16)12-13-21-18(22)11-8-15-4-3-5-17(24-2)19(15)20/h3-7,9-10H,8,11-13H2,1-2H3,(H,21,22). The molecule has 2 aromatic carbocycles. The molecule has 0 spiro atoms. The number of methoxy groups -OCH3 is 2. The van der Waals surface area contributed by atoms with Gasteiger partial charge in [-0.15, -0.1) is 0 Å². The van der Waals surface area contributed by atoms with Gasteiger partial charge >= 0.3 is 0 Å². The fourth-order valence-corrected chi connectivity index (χ4v) is 2.68. The molecule has 0 radical (unpaired) electrons. The van der Waals surface area contributed by atoms with Crippen LogP contribution < -0.4 is 14.8 Å². The molecule has 0 aliphatic heterocycles. The van der Waals surface area contributed by atoms with Crippen LogP contribution in [-0.4, -0.2) is 26.7 Å². The Morgan fingerprint density at radius 1 is 1.04 bits per heavy atom. The van der Waals surface area contributed by atoms with Gasteiger partial charge in [0.25, 0.3) is 0 Å². The smallest absolute Gasteiger partial charge is 0.220 e. The van der Waals surface area contributed by atoms with Crippen LogP contribution in [0.15, 0.2) is 42.5 Å². The number of hydrogen-bond donors (Lipinski definition) is 1. The molecular weight excluding hydrogens is 326 g/mol. The highest BCUT2D eigenvalue weighted by molar-refractivity contribution is 6.32. The predicted octanol–water partition coefficient (Wildman–Crippen LogP) is 3.65. The summed E-state index contributed by atoms with van der Waals surface area (Å²) >= 11 is 6.23. The van der Waals surface area contributed by atoms with Gasteiger partial charge in [-0.1, -0.05) is 35.9 Å². The minimum atomic E-state index is 0.0161. The van der Waals surface area contributed by atoms with Crippen LogP contribution in [0.4, 0.5) is 0 Å². The monoisotopic (exact) mass is 347 g/mol. The third-order valence-corrected chi connectivity index (χ3v) is 4.21. The first kappa shape index (κ1) is 18.1. The lowest BCUT2D eigenvalue weighted by Gasteiger charge is -2.09. The van der Waals surface area contributed by atoms with Crippen molar-refractivity contribution in [1.82, 2.24) is 5.32 Å². The minimum Gasteiger partial charge on any atom is -0.497 e. The zero-order valence-corrected chi connectivity index (χ0v) is 14.7. The number of carbonyl (C=O) groups excluding carboxylic acids is 1. The van der Waals surface area contributed by atoms with Crippen LogP contribution >= 0.6 is 11.6 Å². The largest absolute Gasteiger partial charge is 0.497 e. The summed E-state index contributed by atoms with van der Waals surface area (Å²) in [5, 5.41) is 3.51. The van der Waals surface area contributed by atoms with Crippen molar-refractivity contribution in [3.05, 3.63) is 58.6 Å². The van der Waals surface area contributed by atoms with Crippen molar-refractivity contribution in [1.29, 1.82) is 0 Å². The molecule has 0 fully saturated rings. The molecule has 0 aromatic heterocycles. The van der Waals surface area contributed by atoms with Gasteiger partial charge in [0.1, 0.15) is 11.5 Å². The highest BCUT2D eigenvalue weighted by Gasteiger charge is 2.08. The summed E-state index contributed by atoms with van der Waals surface area (Å²) < 4.78 is 10.3. The lowest BCUT2D eigenvalue weighted by molar-refractivity contribution is -0.121. The molecule has 0 saturated heterocycles. The second kappa shape index (κ2) is 9.18. The number of aryl methyl sites for hydroxylation is 1. The number of benzene rings is 2. The van der Waals surface area contributed by atoms with Crippen molar-refractivity contribution in [2.45, 2.75) is 19.3 Å². The molecule has 0 saturated carbocycles. The summed E-state index contributed by atoms with van der Waals surface area (Å²) in [4.78, 5) is 12.0. The van der Waals surface area contributed by atoms with Gasteiger partial charge in [0.05, 0.1) is 19.2 Å². The van der Waals surface area contributed by atoms with Crippen LogP contribution in [0.5, 0.6) is 11.5 Å². The average molecular weight is 348 g/mol. The summed E-state index contributed by atoms with van der Waals surface area (Å²) in [5.41, 5.74) is 2.08. The third-order valence-electron chi connectivity index (χ3n) is 3.78. The molecule has 1 N–H and O–H groups in total. The van der Waals surface area contributed by atoms with Crippen LogP contribution in [0, 0.1) is 0 Å². The maximum absolute atomic E-state index is 12.0. The van der Waals surface area contributed by atoms with Gasteiger partial charge in [0.2, 0.25) is 5.91 Å². The van der Waals surface area contributed by atoms with Crippen molar-refractivity contribution in [2.75, 3.05) is 20.8 Å². The number of halogens is 1. The van der Waals surface area contributed by atoms with Gasteiger partial charge in [-0.2, -0.15) is 0 Å². The zero-order valence-electron chi connectivity index (χ0n) is 14.0. The topological polar surface area (TPSA) is 47.6 Å². The molecule has 0 unspecified atom stereocenters. The molecule has 128 valence electrons. The molecule has 0 heterocycles. The first-order chi connectivity index (χ1) is 11.6. The van der Waals surface area contributed by atoms with E-state index in [-0.39, 0.29) is 5.91 Å². The zero-order chi connectivity index (χ0) is 17.4. The number of nitrogens with one attached hydrogen (secondary N) is 1. The molecule has 2 rings (SSSR count). The minimum absolute atomic E-state index is 0.0161.